The van der Waals surface area contributed by atoms with Gasteiger partial charge in [0.15, 0.2) is 0 Å². The fourth-order valence-corrected chi connectivity index (χ4v) is 6.58. The predicted molar refractivity (Wildman–Crippen MR) is 106 cm³/mol. The first-order valence-electron chi connectivity index (χ1n) is 9.20. The third-order valence-electron chi connectivity index (χ3n) is 5.70. The van der Waals surface area contributed by atoms with E-state index < -0.39 is 26.7 Å². The highest BCUT2D eigenvalue weighted by Gasteiger charge is 2.47. The van der Waals surface area contributed by atoms with Crippen LogP contribution in [0.4, 0.5) is 18.9 Å². The Labute approximate surface area is 172 Å². The minimum absolute atomic E-state index is 0.0389. The molecule has 2 aliphatic rings. The van der Waals surface area contributed by atoms with E-state index in [4.69, 9.17) is 11.6 Å². The van der Waals surface area contributed by atoms with Crippen LogP contribution in [-0.2, 0) is 16.2 Å². The van der Waals surface area contributed by atoms with Gasteiger partial charge in [-0.1, -0.05) is 29.3 Å². The van der Waals surface area contributed by atoms with Crippen molar-refractivity contribution in [3.63, 3.8) is 0 Å². The summed E-state index contributed by atoms with van der Waals surface area (Å²) in [6, 6.07) is 7.59. The van der Waals surface area contributed by atoms with E-state index in [-0.39, 0.29) is 17.0 Å². The summed E-state index contributed by atoms with van der Waals surface area (Å²) in [6.45, 7) is 3.32. The highest BCUT2D eigenvalue weighted by Crippen LogP contribution is 2.48. The van der Waals surface area contributed by atoms with Crippen LogP contribution in [0.5, 0.6) is 0 Å². The van der Waals surface area contributed by atoms with Gasteiger partial charge in [0.1, 0.15) is 4.90 Å². The van der Waals surface area contributed by atoms with Crippen LogP contribution < -0.4 is 4.31 Å². The summed E-state index contributed by atoms with van der Waals surface area (Å²) in [6.07, 6.45) is -4.07. The Morgan fingerprint density at radius 1 is 1.14 bits per heavy atom. The Balaban J connectivity index is 1.88. The van der Waals surface area contributed by atoms with Crippen LogP contribution in [0.15, 0.2) is 41.3 Å². The van der Waals surface area contributed by atoms with E-state index in [1.54, 1.807) is 6.07 Å². The lowest BCUT2D eigenvalue weighted by molar-refractivity contribution is -0.137. The van der Waals surface area contributed by atoms with Crippen LogP contribution in [-0.4, -0.2) is 39.5 Å². The van der Waals surface area contributed by atoms with Gasteiger partial charge in [0.2, 0.25) is 0 Å². The lowest BCUT2D eigenvalue weighted by Crippen LogP contribution is -2.47. The molecule has 156 valence electrons. The van der Waals surface area contributed by atoms with E-state index in [1.807, 2.05) is 26.1 Å². The largest absolute Gasteiger partial charge is 0.416 e. The number of hydrogen-bond acceptors (Lipinski definition) is 3. The molecule has 4 nitrogen and oxygen atoms in total. The number of hydrogen-bond donors (Lipinski definition) is 0. The molecule has 0 amide bonds. The Bertz CT molecular complexity index is 1070. The highest BCUT2D eigenvalue weighted by atomic mass is 35.5. The molecule has 0 spiro atoms. The Hall–Kier alpha value is -1.77. The van der Waals surface area contributed by atoms with Gasteiger partial charge in [0.05, 0.1) is 22.3 Å². The van der Waals surface area contributed by atoms with Crippen LogP contribution in [0.2, 0.25) is 5.02 Å². The standard InChI is InChI=1S/C20H20ClF3N2O2S/c1-12-3-6-17-14(9-12)15-11-25(2)8-7-18(15)26(17)29(27,28)19-10-13(20(22,23)24)4-5-16(19)21/h3-6,9-10,15,18H,7-8,11H2,1-2H3/t15-,18-/m0/s1. The average molecular weight is 445 g/mol. The number of benzene rings is 2. The lowest BCUT2D eigenvalue weighted by Gasteiger charge is -2.36. The topological polar surface area (TPSA) is 40.6 Å². The third-order valence-corrected chi connectivity index (χ3v) is 8.02. The van der Waals surface area contributed by atoms with Gasteiger partial charge in [-0.3, -0.25) is 4.31 Å². The monoisotopic (exact) mass is 444 g/mol. The number of fused-ring (bicyclic) bond motifs is 3. The number of halogens is 4. The molecular weight excluding hydrogens is 425 g/mol. The number of likely N-dealkylation sites (tertiary alicyclic amines) is 1. The number of rotatable bonds is 2. The molecule has 0 N–H and O–H groups in total. The molecule has 4 rings (SSSR count). The molecule has 0 bridgehead atoms. The van der Waals surface area contributed by atoms with E-state index in [0.717, 1.165) is 23.3 Å². The molecule has 1 fully saturated rings. The molecule has 2 aromatic carbocycles. The van der Waals surface area contributed by atoms with Crippen molar-refractivity contribution in [3.05, 3.63) is 58.1 Å². The molecule has 0 aliphatic carbocycles. The first kappa shape index (κ1) is 20.5. The zero-order chi connectivity index (χ0) is 21.1. The van der Waals surface area contributed by atoms with Gasteiger partial charge in [-0.15, -0.1) is 0 Å². The lowest BCUT2D eigenvalue weighted by atomic mass is 9.89. The minimum Gasteiger partial charge on any atom is -0.306 e. The SMILES string of the molecule is Cc1ccc2c(c1)[C@@H]1CN(C)CC[C@@H]1N2S(=O)(=O)c1cc(C(F)(F)F)ccc1Cl. The van der Waals surface area contributed by atoms with Gasteiger partial charge >= 0.3 is 6.18 Å². The number of nitrogens with zero attached hydrogens (tertiary/aromatic N) is 2. The molecule has 9 heteroatoms. The molecule has 2 atom stereocenters. The summed E-state index contributed by atoms with van der Waals surface area (Å²) in [4.78, 5) is 1.63. The predicted octanol–water partition coefficient (Wildman–Crippen LogP) is 4.66. The normalized spacial score (nSPS) is 22.5. The van der Waals surface area contributed by atoms with Gasteiger partial charge in [0, 0.05) is 12.5 Å². The second-order valence-corrected chi connectivity index (χ2v) is 9.92. The van der Waals surface area contributed by atoms with Gasteiger partial charge in [-0.2, -0.15) is 13.2 Å². The van der Waals surface area contributed by atoms with Crippen LogP contribution in [0.25, 0.3) is 0 Å². The third kappa shape index (κ3) is 3.41. The van der Waals surface area contributed by atoms with Crippen LogP contribution >= 0.6 is 11.6 Å². The summed E-state index contributed by atoms with van der Waals surface area (Å²) in [5, 5.41) is -0.219. The summed E-state index contributed by atoms with van der Waals surface area (Å²) in [7, 11) is -2.30. The summed E-state index contributed by atoms with van der Waals surface area (Å²) < 4.78 is 68.1. The quantitative estimate of drug-likeness (QED) is 0.676. The number of likely N-dealkylation sites (N-methyl/N-ethyl adjacent to an activating group) is 1. The number of aryl methyl sites for hydroxylation is 1. The van der Waals surface area contributed by atoms with E-state index >= 15 is 0 Å². The fourth-order valence-electron chi connectivity index (χ4n) is 4.33. The number of alkyl halides is 3. The molecule has 0 unspecified atom stereocenters. The van der Waals surface area contributed by atoms with E-state index in [9.17, 15) is 21.6 Å². The Morgan fingerprint density at radius 2 is 1.86 bits per heavy atom. The Kier molecular flexibility index (Phi) is 4.87. The maximum Gasteiger partial charge on any atom is 0.416 e. The van der Waals surface area contributed by atoms with Crippen molar-refractivity contribution in [2.24, 2.45) is 0 Å². The van der Waals surface area contributed by atoms with Crippen molar-refractivity contribution < 1.29 is 21.6 Å². The molecule has 29 heavy (non-hydrogen) atoms. The van der Waals surface area contributed by atoms with Crippen molar-refractivity contribution >= 4 is 27.3 Å². The minimum atomic E-state index is -4.66. The van der Waals surface area contributed by atoms with E-state index in [2.05, 4.69) is 4.90 Å². The number of piperidine rings is 1. The molecule has 1 saturated heterocycles. The smallest absolute Gasteiger partial charge is 0.306 e. The van der Waals surface area contributed by atoms with Crippen LogP contribution in [0.3, 0.4) is 0 Å². The van der Waals surface area contributed by atoms with Gasteiger partial charge in [-0.05, 0) is 56.8 Å². The van der Waals surface area contributed by atoms with E-state index in [1.165, 1.54) is 4.31 Å². The number of sulfonamides is 1. The average Bonchev–Trinajstić information content (AvgIpc) is 2.94. The second kappa shape index (κ2) is 6.89. The maximum atomic E-state index is 13.6. The molecule has 2 aromatic rings. The number of anilines is 1. The molecular formula is C20H20ClF3N2O2S. The van der Waals surface area contributed by atoms with Gasteiger partial charge in [0.25, 0.3) is 10.0 Å². The fraction of sp³-hybridized carbons (Fsp3) is 0.400. The van der Waals surface area contributed by atoms with Gasteiger partial charge < -0.3 is 4.90 Å². The summed E-state index contributed by atoms with van der Waals surface area (Å²) >= 11 is 6.08. The molecule has 0 saturated carbocycles. The maximum absolute atomic E-state index is 13.6. The second-order valence-electron chi connectivity index (χ2n) is 7.73. The zero-order valence-corrected chi connectivity index (χ0v) is 17.4. The van der Waals surface area contributed by atoms with Crippen molar-refractivity contribution in [1.29, 1.82) is 0 Å². The Morgan fingerprint density at radius 3 is 2.55 bits per heavy atom. The first-order valence-corrected chi connectivity index (χ1v) is 11.0. The van der Waals surface area contributed by atoms with Crippen molar-refractivity contribution in [3.8, 4) is 0 Å². The highest BCUT2D eigenvalue weighted by molar-refractivity contribution is 7.93. The molecule has 0 radical (unpaired) electrons. The van der Waals surface area contributed by atoms with Crippen molar-refractivity contribution in [2.45, 2.75) is 36.4 Å². The van der Waals surface area contributed by atoms with Crippen molar-refractivity contribution in [1.82, 2.24) is 4.90 Å². The van der Waals surface area contributed by atoms with Crippen molar-refractivity contribution in [2.75, 3.05) is 24.4 Å². The van der Waals surface area contributed by atoms with Gasteiger partial charge in [-0.25, -0.2) is 8.42 Å². The summed E-state index contributed by atoms with van der Waals surface area (Å²) in [5.41, 5.74) is 1.40. The van der Waals surface area contributed by atoms with Crippen LogP contribution in [0.1, 0.15) is 29.0 Å². The molecule has 2 aliphatic heterocycles. The summed E-state index contributed by atoms with van der Waals surface area (Å²) in [5.74, 6) is -0.0389. The van der Waals surface area contributed by atoms with Crippen LogP contribution in [0, 0.1) is 6.92 Å². The zero-order valence-electron chi connectivity index (χ0n) is 15.9. The molecule has 0 aromatic heterocycles. The molecule has 2 heterocycles. The van der Waals surface area contributed by atoms with E-state index in [0.29, 0.717) is 31.3 Å². The first-order chi connectivity index (χ1) is 13.5.